The summed E-state index contributed by atoms with van der Waals surface area (Å²) in [6, 6.07) is 15.5. The van der Waals surface area contributed by atoms with Crippen LogP contribution in [0.3, 0.4) is 0 Å². The van der Waals surface area contributed by atoms with E-state index in [1.165, 1.54) is 0 Å². The van der Waals surface area contributed by atoms with E-state index in [0.29, 0.717) is 5.75 Å². The Hall–Kier alpha value is -2.35. The van der Waals surface area contributed by atoms with E-state index in [1.54, 1.807) is 12.3 Å². The van der Waals surface area contributed by atoms with Gasteiger partial charge < -0.3 is 5.11 Å². The van der Waals surface area contributed by atoms with Crippen molar-refractivity contribution >= 4 is 10.8 Å². The largest absolute Gasteiger partial charge is 0.507 e. The molecule has 0 saturated heterocycles. The number of aromatic nitrogens is 1. The van der Waals surface area contributed by atoms with Crippen molar-refractivity contribution in [1.82, 2.24) is 4.98 Å². The normalized spacial score (nSPS) is 10.6. The predicted molar refractivity (Wildman–Crippen MR) is 68.8 cm³/mol. The summed E-state index contributed by atoms with van der Waals surface area (Å²) in [4.78, 5) is 4.11. The second-order valence-corrected chi connectivity index (χ2v) is 3.95. The van der Waals surface area contributed by atoms with Gasteiger partial charge in [-0.05, 0) is 29.1 Å². The number of aromatic hydroxyl groups is 1. The Morgan fingerprint density at radius 3 is 2.65 bits per heavy atom. The summed E-state index contributed by atoms with van der Waals surface area (Å²) in [5.74, 6) is 0.320. The molecule has 0 saturated carbocycles. The molecule has 0 spiro atoms. The zero-order chi connectivity index (χ0) is 11.7. The highest BCUT2D eigenvalue weighted by atomic mass is 16.3. The lowest BCUT2D eigenvalue weighted by atomic mass is 10.0. The number of hydrogen-bond acceptors (Lipinski definition) is 2. The van der Waals surface area contributed by atoms with E-state index in [2.05, 4.69) is 11.1 Å². The van der Waals surface area contributed by atoms with Crippen LogP contribution >= 0.6 is 0 Å². The standard InChI is InChI=1S/C15H11NO/c17-15-5-1-3-12-9-11(6-7-14(12)15)13-4-2-8-16-10-13/h1-10,17H. The van der Waals surface area contributed by atoms with E-state index in [-0.39, 0.29) is 0 Å². The van der Waals surface area contributed by atoms with Crippen molar-refractivity contribution < 1.29 is 5.11 Å². The number of fused-ring (bicyclic) bond motifs is 1. The Morgan fingerprint density at radius 2 is 1.82 bits per heavy atom. The molecule has 0 fully saturated rings. The lowest BCUT2D eigenvalue weighted by molar-refractivity contribution is 0.481. The number of nitrogens with zero attached hydrogens (tertiary/aromatic N) is 1. The van der Waals surface area contributed by atoms with Crippen molar-refractivity contribution in [2.75, 3.05) is 0 Å². The minimum Gasteiger partial charge on any atom is -0.507 e. The van der Waals surface area contributed by atoms with Crippen molar-refractivity contribution in [3.8, 4) is 16.9 Å². The van der Waals surface area contributed by atoms with Crippen molar-refractivity contribution in [3.63, 3.8) is 0 Å². The summed E-state index contributed by atoms with van der Waals surface area (Å²) in [5, 5.41) is 11.6. The summed E-state index contributed by atoms with van der Waals surface area (Å²) >= 11 is 0. The van der Waals surface area contributed by atoms with Gasteiger partial charge in [-0.1, -0.05) is 30.3 Å². The molecule has 0 radical (unpaired) electrons. The molecule has 0 unspecified atom stereocenters. The maximum Gasteiger partial charge on any atom is 0.123 e. The van der Waals surface area contributed by atoms with E-state index in [1.807, 2.05) is 42.6 Å². The van der Waals surface area contributed by atoms with Crippen LogP contribution in [0.5, 0.6) is 5.75 Å². The average molecular weight is 221 g/mol. The molecule has 17 heavy (non-hydrogen) atoms. The van der Waals surface area contributed by atoms with Crippen molar-refractivity contribution in [3.05, 3.63) is 60.9 Å². The van der Waals surface area contributed by atoms with E-state index in [0.717, 1.165) is 21.9 Å². The number of benzene rings is 2. The van der Waals surface area contributed by atoms with Gasteiger partial charge in [0, 0.05) is 23.3 Å². The molecule has 0 aliphatic carbocycles. The topological polar surface area (TPSA) is 33.1 Å². The number of phenolic OH excluding ortho intramolecular Hbond substituents is 1. The Kier molecular flexibility index (Phi) is 2.26. The Morgan fingerprint density at radius 1 is 0.882 bits per heavy atom. The summed E-state index contributed by atoms with van der Waals surface area (Å²) < 4.78 is 0. The molecular formula is C15H11NO. The number of hydrogen-bond donors (Lipinski definition) is 1. The summed E-state index contributed by atoms with van der Waals surface area (Å²) in [5.41, 5.74) is 2.19. The fourth-order valence-electron chi connectivity index (χ4n) is 1.98. The fraction of sp³-hybridized carbons (Fsp3) is 0. The lowest BCUT2D eigenvalue weighted by Crippen LogP contribution is -1.80. The van der Waals surface area contributed by atoms with Crippen LogP contribution in [0.25, 0.3) is 21.9 Å². The third-order valence-corrected chi connectivity index (χ3v) is 2.85. The van der Waals surface area contributed by atoms with Crippen LogP contribution < -0.4 is 0 Å². The van der Waals surface area contributed by atoms with Gasteiger partial charge in [0.2, 0.25) is 0 Å². The summed E-state index contributed by atoms with van der Waals surface area (Å²) in [6.07, 6.45) is 3.60. The molecule has 3 aromatic rings. The zero-order valence-corrected chi connectivity index (χ0v) is 9.17. The molecule has 3 rings (SSSR count). The van der Waals surface area contributed by atoms with Gasteiger partial charge in [0.05, 0.1) is 0 Å². The SMILES string of the molecule is Oc1cccc2cc(-c3cccnc3)ccc12. The summed E-state index contributed by atoms with van der Waals surface area (Å²) in [7, 11) is 0. The van der Waals surface area contributed by atoms with E-state index < -0.39 is 0 Å². The van der Waals surface area contributed by atoms with Crippen molar-refractivity contribution in [2.45, 2.75) is 0 Å². The minimum atomic E-state index is 0.320. The highest BCUT2D eigenvalue weighted by Crippen LogP contribution is 2.28. The second-order valence-electron chi connectivity index (χ2n) is 3.95. The fourth-order valence-corrected chi connectivity index (χ4v) is 1.98. The zero-order valence-electron chi connectivity index (χ0n) is 9.17. The van der Waals surface area contributed by atoms with Crippen LogP contribution in [0.1, 0.15) is 0 Å². The smallest absolute Gasteiger partial charge is 0.123 e. The third-order valence-electron chi connectivity index (χ3n) is 2.85. The maximum absolute atomic E-state index is 9.72. The first-order chi connectivity index (χ1) is 8.34. The van der Waals surface area contributed by atoms with Gasteiger partial charge in [0.25, 0.3) is 0 Å². The van der Waals surface area contributed by atoms with E-state index in [9.17, 15) is 5.11 Å². The molecule has 1 N–H and O–H groups in total. The predicted octanol–water partition coefficient (Wildman–Crippen LogP) is 3.61. The summed E-state index contributed by atoms with van der Waals surface area (Å²) in [6.45, 7) is 0. The molecular weight excluding hydrogens is 210 g/mol. The van der Waals surface area contributed by atoms with E-state index >= 15 is 0 Å². The quantitative estimate of drug-likeness (QED) is 0.681. The molecule has 1 heterocycles. The second kappa shape index (κ2) is 3.91. The average Bonchev–Trinajstić information content (AvgIpc) is 2.40. The highest BCUT2D eigenvalue weighted by Gasteiger charge is 2.02. The first-order valence-corrected chi connectivity index (χ1v) is 5.47. The molecule has 82 valence electrons. The van der Waals surface area contributed by atoms with Gasteiger partial charge in [-0.3, -0.25) is 4.98 Å². The van der Waals surface area contributed by atoms with Crippen LogP contribution in [-0.2, 0) is 0 Å². The monoisotopic (exact) mass is 221 g/mol. The van der Waals surface area contributed by atoms with Gasteiger partial charge in [-0.2, -0.15) is 0 Å². The Bertz CT molecular complexity index is 662. The lowest BCUT2D eigenvalue weighted by Gasteiger charge is -2.04. The number of phenols is 1. The maximum atomic E-state index is 9.72. The molecule has 2 aromatic carbocycles. The van der Waals surface area contributed by atoms with Crippen molar-refractivity contribution in [2.24, 2.45) is 0 Å². The molecule has 0 aliphatic heterocycles. The highest BCUT2D eigenvalue weighted by molar-refractivity contribution is 5.91. The van der Waals surface area contributed by atoms with Crippen molar-refractivity contribution in [1.29, 1.82) is 0 Å². The van der Waals surface area contributed by atoms with Crippen LogP contribution in [0, 0.1) is 0 Å². The van der Waals surface area contributed by atoms with E-state index in [4.69, 9.17) is 0 Å². The first-order valence-electron chi connectivity index (χ1n) is 5.47. The molecule has 0 amide bonds. The van der Waals surface area contributed by atoms with Gasteiger partial charge >= 0.3 is 0 Å². The van der Waals surface area contributed by atoms with Gasteiger partial charge in [-0.15, -0.1) is 0 Å². The van der Waals surface area contributed by atoms with Crippen LogP contribution in [0.15, 0.2) is 60.9 Å². The number of rotatable bonds is 1. The van der Waals surface area contributed by atoms with Crippen LogP contribution in [0.2, 0.25) is 0 Å². The van der Waals surface area contributed by atoms with Crippen LogP contribution in [0.4, 0.5) is 0 Å². The molecule has 0 atom stereocenters. The van der Waals surface area contributed by atoms with Gasteiger partial charge in [0.15, 0.2) is 0 Å². The molecule has 2 nitrogen and oxygen atoms in total. The third kappa shape index (κ3) is 1.74. The molecule has 2 heteroatoms. The van der Waals surface area contributed by atoms with Gasteiger partial charge in [0.1, 0.15) is 5.75 Å². The van der Waals surface area contributed by atoms with Crippen LogP contribution in [-0.4, -0.2) is 10.1 Å². The minimum absolute atomic E-state index is 0.320. The molecule has 1 aromatic heterocycles. The molecule has 0 aliphatic rings. The first kappa shape index (κ1) is 9.85. The Balaban J connectivity index is 2.21. The molecule has 0 bridgehead atoms. The van der Waals surface area contributed by atoms with Gasteiger partial charge in [-0.25, -0.2) is 0 Å². The number of pyridine rings is 1. The Labute approximate surface area is 99.2 Å².